The third-order valence-electron chi connectivity index (χ3n) is 6.35. The van der Waals surface area contributed by atoms with Crippen LogP contribution in [0.1, 0.15) is 42.7 Å². The molecule has 3 saturated heterocycles. The first-order valence-corrected chi connectivity index (χ1v) is 9.53. The molecule has 1 aromatic heterocycles. The average Bonchev–Trinajstić information content (AvgIpc) is 3.33. The molecule has 3 fully saturated rings. The predicted molar refractivity (Wildman–Crippen MR) is 93.2 cm³/mol. The molecule has 2 amide bonds. The Labute approximate surface area is 153 Å². The Bertz CT molecular complexity index is 680. The topological polar surface area (TPSA) is 75.9 Å². The van der Waals surface area contributed by atoms with Crippen molar-refractivity contribution in [2.45, 2.75) is 46.1 Å². The van der Waals surface area contributed by atoms with Crippen LogP contribution in [0.3, 0.4) is 0 Å². The van der Waals surface area contributed by atoms with Crippen LogP contribution in [0.5, 0.6) is 0 Å². The zero-order chi connectivity index (χ0) is 18.3. The van der Waals surface area contributed by atoms with Gasteiger partial charge in [0, 0.05) is 43.6 Å². The van der Waals surface area contributed by atoms with Crippen LogP contribution in [-0.4, -0.2) is 59.6 Å². The molecule has 0 aliphatic carbocycles. The van der Waals surface area contributed by atoms with Gasteiger partial charge in [-0.3, -0.25) is 9.59 Å². The van der Waals surface area contributed by atoms with Crippen LogP contribution in [0.25, 0.3) is 0 Å². The molecule has 4 heterocycles. The number of carbonyl (C=O) groups excluding carboxylic acids is 2. The van der Waals surface area contributed by atoms with Crippen molar-refractivity contribution >= 4 is 11.8 Å². The zero-order valence-electron chi connectivity index (χ0n) is 15.6. The second-order valence-electron chi connectivity index (χ2n) is 8.12. The Morgan fingerprint density at radius 3 is 2.69 bits per heavy atom. The second kappa shape index (κ2) is 6.68. The molecule has 3 aliphatic heterocycles. The largest absolute Gasteiger partial charge is 0.381 e. The van der Waals surface area contributed by atoms with E-state index in [0.717, 1.165) is 55.9 Å². The number of aromatic nitrogens is 1. The Hall–Kier alpha value is -1.89. The molecule has 1 atom stereocenters. The Morgan fingerprint density at radius 1 is 1.31 bits per heavy atom. The quantitative estimate of drug-likeness (QED) is 0.819. The van der Waals surface area contributed by atoms with Crippen LogP contribution in [0.2, 0.25) is 0 Å². The Balaban J connectivity index is 1.37. The van der Waals surface area contributed by atoms with Gasteiger partial charge in [-0.25, -0.2) is 0 Å². The Morgan fingerprint density at radius 2 is 2.08 bits per heavy atom. The monoisotopic (exact) mass is 361 g/mol. The van der Waals surface area contributed by atoms with Gasteiger partial charge in [-0.15, -0.1) is 0 Å². The van der Waals surface area contributed by atoms with E-state index in [2.05, 4.69) is 5.16 Å². The van der Waals surface area contributed by atoms with Crippen molar-refractivity contribution in [2.24, 2.45) is 11.3 Å². The first-order chi connectivity index (χ1) is 12.5. The molecule has 0 aromatic carbocycles. The fraction of sp³-hybridized carbons (Fsp3) is 0.737. The molecule has 0 bridgehead atoms. The van der Waals surface area contributed by atoms with Crippen molar-refractivity contribution in [2.75, 3.05) is 32.8 Å². The lowest BCUT2D eigenvalue weighted by Gasteiger charge is -2.39. The van der Waals surface area contributed by atoms with Gasteiger partial charge < -0.3 is 19.1 Å². The van der Waals surface area contributed by atoms with Crippen LogP contribution >= 0.6 is 0 Å². The highest BCUT2D eigenvalue weighted by Crippen LogP contribution is 2.42. The average molecular weight is 361 g/mol. The number of nitrogens with zero attached hydrogens (tertiary/aromatic N) is 3. The highest BCUT2D eigenvalue weighted by atomic mass is 16.5. The lowest BCUT2D eigenvalue weighted by molar-refractivity contribution is -0.137. The summed E-state index contributed by atoms with van der Waals surface area (Å²) in [6.07, 6.45) is 3.22. The summed E-state index contributed by atoms with van der Waals surface area (Å²) in [4.78, 5) is 29.1. The van der Waals surface area contributed by atoms with E-state index in [0.29, 0.717) is 26.2 Å². The SMILES string of the molecule is Cc1noc(C)c1CN1CC2(CCN(C(=O)[C@H]3CCOC3)CC2)CC1=O. The standard InChI is InChI=1S/C19H27N3O4/c1-13-16(14(2)26-20-13)10-22-12-19(9-17(22)23)4-6-21(7-5-19)18(24)15-3-8-25-11-15/h15H,3-12H2,1-2H3/t15-/m0/s1. The van der Waals surface area contributed by atoms with Crippen molar-refractivity contribution in [3.63, 3.8) is 0 Å². The van der Waals surface area contributed by atoms with Gasteiger partial charge in [-0.2, -0.15) is 0 Å². The van der Waals surface area contributed by atoms with Gasteiger partial charge in [0.15, 0.2) is 0 Å². The van der Waals surface area contributed by atoms with E-state index in [1.54, 1.807) is 0 Å². The van der Waals surface area contributed by atoms with Gasteiger partial charge in [0.05, 0.1) is 24.8 Å². The summed E-state index contributed by atoms with van der Waals surface area (Å²) in [7, 11) is 0. The lowest BCUT2D eigenvalue weighted by atomic mass is 9.77. The van der Waals surface area contributed by atoms with Crippen LogP contribution in [0, 0.1) is 25.2 Å². The zero-order valence-corrected chi connectivity index (χ0v) is 15.6. The van der Waals surface area contributed by atoms with Crippen LogP contribution in [0.4, 0.5) is 0 Å². The number of carbonyl (C=O) groups is 2. The number of rotatable bonds is 3. The predicted octanol–water partition coefficient (Wildman–Crippen LogP) is 1.67. The maximum atomic E-state index is 12.6. The molecular weight excluding hydrogens is 334 g/mol. The van der Waals surface area contributed by atoms with Crippen molar-refractivity contribution < 1.29 is 18.8 Å². The fourth-order valence-corrected chi connectivity index (χ4v) is 4.57. The summed E-state index contributed by atoms with van der Waals surface area (Å²) in [5.74, 6) is 1.25. The highest BCUT2D eigenvalue weighted by Gasteiger charge is 2.46. The summed E-state index contributed by atoms with van der Waals surface area (Å²) < 4.78 is 10.6. The highest BCUT2D eigenvalue weighted by molar-refractivity contribution is 5.81. The van der Waals surface area contributed by atoms with E-state index >= 15 is 0 Å². The van der Waals surface area contributed by atoms with Crippen molar-refractivity contribution in [3.8, 4) is 0 Å². The summed E-state index contributed by atoms with van der Waals surface area (Å²) in [5.41, 5.74) is 1.89. The summed E-state index contributed by atoms with van der Waals surface area (Å²) >= 11 is 0. The van der Waals surface area contributed by atoms with Crippen LogP contribution in [-0.2, 0) is 20.9 Å². The molecule has 0 N–H and O–H groups in total. The minimum Gasteiger partial charge on any atom is -0.381 e. The number of ether oxygens (including phenoxy) is 1. The number of hydrogen-bond donors (Lipinski definition) is 0. The molecule has 4 rings (SSSR count). The summed E-state index contributed by atoms with van der Waals surface area (Å²) in [5, 5.41) is 3.99. The molecule has 142 valence electrons. The van der Waals surface area contributed by atoms with Gasteiger partial charge in [-0.05, 0) is 33.1 Å². The summed E-state index contributed by atoms with van der Waals surface area (Å²) in [6, 6.07) is 0. The van der Waals surface area contributed by atoms with Gasteiger partial charge >= 0.3 is 0 Å². The Kier molecular flexibility index (Phi) is 4.50. The molecule has 0 unspecified atom stereocenters. The number of amides is 2. The van der Waals surface area contributed by atoms with E-state index < -0.39 is 0 Å². The third kappa shape index (κ3) is 3.13. The molecule has 0 radical (unpaired) electrons. The number of piperidine rings is 1. The van der Waals surface area contributed by atoms with Gasteiger partial charge in [0.25, 0.3) is 0 Å². The van der Waals surface area contributed by atoms with E-state index in [4.69, 9.17) is 9.26 Å². The number of hydrogen-bond acceptors (Lipinski definition) is 5. The molecule has 7 heteroatoms. The maximum Gasteiger partial charge on any atom is 0.228 e. The minimum absolute atomic E-state index is 0.0129. The lowest BCUT2D eigenvalue weighted by Crippen LogP contribution is -2.46. The van der Waals surface area contributed by atoms with Gasteiger partial charge in [0.1, 0.15) is 5.76 Å². The molecule has 26 heavy (non-hydrogen) atoms. The van der Waals surface area contributed by atoms with Crippen molar-refractivity contribution in [1.29, 1.82) is 0 Å². The summed E-state index contributed by atoms with van der Waals surface area (Å²) in [6.45, 7) is 7.91. The van der Waals surface area contributed by atoms with Gasteiger partial charge in [-0.1, -0.05) is 5.16 Å². The minimum atomic E-state index is 0.0129. The molecular formula is C19H27N3O4. The third-order valence-corrected chi connectivity index (χ3v) is 6.35. The van der Waals surface area contributed by atoms with E-state index in [-0.39, 0.29) is 23.1 Å². The molecule has 1 aromatic rings. The van der Waals surface area contributed by atoms with Crippen LogP contribution < -0.4 is 0 Å². The smallest absolute Gasteiger partial charge is 0.228 e. The van der Waals surface area contributed by atoms with Crippen molar-refractivity contribution in [3.05, 3.63) is 17.0 Å². The molecule has 3 aliphatic rings. The maximum absolute atomic E-state index is 12.6. The molecule has 0 saturated carbocycles. The second-order valence-corrected chi connectivity index (χ2v) is 8.12. The first kappa shape index (κ1) is 17.5. The molecule has 1 spiro atoms. The number of aryl methyl sites for hydroxylation is 2. The van der Waals surface area contributed by atoms with Gasteiger partial charge in [0.2, 0.25) is 11.8 Å². The van der Waals surface area contributed by atoms with E-state index in [9.17, 15) is 9.59 Å². The van der Waals surface area contributed by atoms with Crippen molar-refractivity contribution in [1.82, 2.24) is 15.0 Å². The normalized spacial score (nSPS) is 25.5. The first-order valence-electron chi connectivity index (χ1n) is 9.53. The molecule has 7 nitrogen and oxygen atoms in total. The fourth-order valence-electron chi connectivity index (χ4n) is 4.57. The number of likely N-dealkylation sites (tertiary alicyclic amines) is 2. The van der Waals surface area contributed by atoms with Crippen LogP contribution in [0.15, 0.2) is 4.52 Å². The van der Waals surface area contributed by atoms with E-state index in [1.165, 1.54) is 0 Å². The van der Waals surface area contributed by atoms with E-state index in [1.807, 2.05) is 23.6 Å².